The fourth-order valence-corrected chi connectivity index (χ4v) is 3.73. The van der Waals surface area contributed by atoms with E-state index in [1.807, 2.05) is 0 Å². The first kappa shape index (κ1) is 14.3. The molecular weight excluding hydrogens is 266 g/mol. The third-order valence-electron chi connectivity index (χ3n) is 3.24. The van der Waals surface area contributed by atoms with Gasteiger partial charge in [0, 0.05) is 19.7 Å². The van der Waals surface area contributed by atoms with Crippen molar-refractivity contribution in [1.29, 1.82) is 0 Å². The molecule has 106 valence electrons. The largest absolute Gasteiger partial charge is 0.508 e. The fourth-order valence-electron chi connectivity index (χ4n) is 2.21. The quantitative estimate of drug-likeness (QED) is 0.892. The Bertz CT molecular complexity index is 523. The highest BCUT2D eigenvalue weighted by Gasteiger charge is 2.27. The summed E-state index contributed by atoms with van der Waals surface area (Å²) >= 11 is 0. The molecule has 0 bridgehead atoms. The molecule has 5 nitrogen and oxygen atoms in total. The van der Waals surface area contributed by atoms with Gasteiger partial charge >= 0.3 is 0 Å². The lowest BCUT2D eigenvalue weighted by atomic mass is 10.2. The van der Waals surface area contributed by atoms with Crippen molar-refractivity contribution >= 4 is 10.0 Å². The lowest BCUT2D eigenvalue weighted by Crippen LogP contribution is -2.37. The highest BCUT2D eigenvalue weighted by molar-refractivity contribution is 7.89. The van der Waals surface area contributed by atoms with Gasteiger partial charge in [0.1, 0.15) is 5.75 Å². The predicted molar refractivity (Wildman–Crippen MR) is 71.5 cm³/mol. The van der Waals surface area contributed by atoms with Gasteiger partial charge in [-0.05, 0) is 31.0 Å². The topological polar surface area (TPSA) is 66.8 Å². The monoisotopic (exact) mass is 285 g/mol. The van der Waals surface area contributed by atoms with Crippen LogP contribution in [0.3, 0.4) is 0 Å². The van der Waals surface area contributed by atoms with Crippen LogP contribution in [-0.4, -0.2) is 43.6 Å². The van der Waals surface area contributed by atoms with E-state index in [2.05, 4.69) is 0 Å². The minimum atomic E-state index is -3.57. The van der Waals surface area contributed by atoms with Gasteiger partial charge in [0.05, 0.1) is 11.0 Å². The third-order valence-corrected chi connectivity index (χ3v) is 5.18. The Morgan fingerprint density at radius 2 is 2.26 bits per heavy atom. The lowest BCUT2D eigenvalue weighted by Gasteiger charge is -2.23. The molecule has 0 amide bonds. The molecule has 0 spiro atoms. The van der Waals surface area contributed by atoms with E-state index in [0.29, 0.717) is 19.7 Å². The summed E-state index contributed by atoms with van der Waals surface area (Å²) in [5, 5.41) is 9.41. The Morgan fingerprint density at radius 1 is 1.47 bits per heavy atom. The summed E-state index contributed by atoms with van der Waals surface area (Å²) in [6.07, 6.45) is 1.85. The first-order chi connectivity index (χ1) is 9.04. The van der Waals surface area contributed by atoms with Crippen LogP contribution < -0.4 is 0 Å². The molecule has 19 heavy (non-hydrogen) atoms. The molecule has 1 atom stereocenters. The second kappa shape index (κ2) is 5.90. The Balaban J connectivity index is 2.20. The van der Waals surface area contributed by atoms with Gasteiger partial charge in [-0.1, -0.05) is 13.0 Å². The van der Waals surface area contributed by atoms with Crippen molar-refractivity contribution in [2.24, 2.45) is 0 Å². The number of rotatable bonds is 5. The summed E-state index contributed by atoms with van der Waals surface area (Å²) in [4.78, 5) is 0.118. The summed E-state index contributed by atoms with van der Waals surface area (Å²) in [6.45, 7) is 3.26. The van der Waals surface area contributed by atoms with Crippen LogP contribution >= 0.6 is 0 Å². The van der Waals surface area contributed by atoms with Gasteiger partial charge in [-0.3, -0.25) is 0 Å². The summed E-state index contributed by atoms with van der Waals surface area (Å²) in [7, 11) is -3.57. The van der Waals surface area contributed by atoms with Crippen LogP contribution in [0.1, 0.15) is 19.8 Å². The third kappa shape index (κ3) is 3.26. The predicted octanol–water partition coefficient (Wildman–Crippen LogP) is 1.58. The first-order valence-corrected chi connectivity index (χ1v) is 7.89. The van der Waals surface area contributed by atoms with E-state index >= 15 is 0 Å². The van der Waals surface area contributed by atoms with Crippen LogP contribution in [0.15, 0.2) is 29.2 Å². The standard InChI is InChI=1S/C13H19NO4S/c1-2-14(10-12-6-4-8-18-12)19(16,17)13-7-3-5-11(15)9-13/h3,5,7,9,12,15H,2,4,6,8,10H2,1H3. The summed E-state index contributed by atoms with van der Waals surface area (Å²) in [6, 6.07) is 5.75. The molecule has 1 aliphatic rings. The summed E-state index contributed by atoms with van der Waals surface area (Å²) in [5.41, 5.74) is 0. The number of phenolic OH excluding ortho intramolecular Hbond substituents is 1. The zero-order valence-electron chi connectivity index (χ0n) is 10.9. The Labute approximate surface area is 113 Å². The average Bonchev–Trinajstić information content (AvgIpc) is 2.88. The zero-order valence-corrected chi connectivity index (χ0v) is 11.8. The van der Waals surface area contributed by atoms with Gasteiger partial charge in [-0.15, -0.1) is 0 Å². The number of phenols is 1. The van der Waals surface area contributed by atoms with E-state index < -0.39 is 10.0 Å². The van der Waals surface area contributed by atoms with Crippen LogP contribution in [-0.2, 0) is 14.8 Å². The zero-order chi connectivity index (χ0) is 13.9. The Morgan fingerprint density at radius 3 is 2.84 bits per heavy atom. The van der Waals surface area contributed by atoms with E-state index in [9.17, 15) is 13.5 Å². The van der Waals surface area contributed by atoms with Crippen molar-refractivity contribution in [3.8, 4) is 5.75 Å². The van der Waals surface area contributed by atoms with Gasteiger partial charge in [0.2, 0.25) is 10.0 Å². The van der Waals surface area contributed by atoms with Gasteiger partial charge in [0.15, 0.2) is 0 Å². The number of hydrogen-bond acceptors (Lipinski definition) is 4. The molecule has 1 aromatic carbocycles. The molecule has 1 heterocycles. The van der Waals surface area contributed by atoms with E-state index in [0.717, 1.165) is 12.8 Å². The minimum Gasteiger partial charge on any atom is -0.508 e. The van der Waals surface area contributed by atoms with Crippen molar-refractivity contribution in [2.75, 3.05) is 19.7 Å². The van der Waals surface area contributed by atoms with Crippen LogP contribution in [0.2, 0.25) is 0 Å². The first-order valence-electron chi connectivity index (χ1n) is 6.45. The normalized spacial score (nSPS) is 20.0. The summed E-state index contributed by atoms with van der Waals surface area (Å²) < 4.78 is 31.8. The molecule has 0 saturated carbocycles. The van der Waals surface area contributed by atoms with E-state index in [1.165, 1.54) is 28.6 Å². The van der Waals surface area contributed by atoms with Crippen LogP contribution in [0.25, 0.3) is 0 Å². The second-order valence-corrected chi connectivity index (χ2v) is 6.53. The maximum atomic E-state index is 12.5. The Kier molecular flexibility index (Phi) is 4.44. The van der Waals surface area contributed by atoms with E-state index in [1.54, 1.807) is 6.92 Å². The van der Waals surface area contributed by atoms with Crippen molar-refractivity contribution in [3.63, 3.8) is 0 Å². The number of hydrogen-bond donors (Lipinski definition) is 1. The van der Waals surface area contributed by atoms with Crippen molar-refractivity contribution in [1.82, 2.24) is 4.31 Å². The number of sulfonamides is 1. The molecule has 1 fully saturated rings. The number of benzene rings is 1. The molecular formula is C13H19NO4S. The highest BCUT2D eigenvalue weighted by atomic mass is 32.2. The van der Waals surface area contributed by atoms with Gasteiger partial charge in [-0.2, -0.15) is 4.31 Å². The Hall–Kier alpha value is -1.11. The number of aromatic hydroxyl groups is 1. The molecule has 2 rings (SSSR count). The number of ether oxygens (including phenoxy) is 1. The maximum absolute atomic E-state index is 12.5. The van der Waals surface area contributed by atoms with Crippen molar-refractivity contribution in [2.45, 2.75) is 30.8 Å². The molecule has 0 aromatic heterocycles. The smallest absolute Gasteiger partial charge is 0.243 e. The molecule has 1 unspecified atom stereocenters. The maximum Gasteiger partial charge on any atom is 0.243 e. The van der Waals surface area contributed by atoms with Gasteiger partial charge in [0.25, 0.3) is 0 Å². The summed E-state index contributed by atoms with van der Waals surface area (Å²) in [5.74, 6) is -0.0470. The molecule has 0 aliphatic carbocycles. The van der Waals surface area contributed by atoms with Gasteiger partial charge < -0.3 is 9.84 Å². The number of likely N-dealkylation sites (N-methyl/N-ethyl adjacent to an activating group) is 1. The highest BCUT2D eigenvalue weighted by Crippen LogP contribution is 2.22. The fraction of sp³-hybridized carbons (Fsp3) is 0.538. The minimum absolute atomic E-state index is 0.0213. The molecule has 1 saturated heterocycles. The lowest BCUT2D eigenvalue weighted by molar-refractivity contribution is 0.0947. The molecule has 1 aliphatic heterocycles. The molecule has 6 heteroatoms. The SMILES string of the molecule is CCN(CC1CCCO1)S(=O)(=O)c1cccc(O)c1. The van der Waals surface area contributed by atoms with E-state index in [4.69, 9.17) is 4.74 Å². The van der Waals surface area contributed by atoms with Crippen molar-refractivity contribution in [3.05, 3.63) is 24.3 Å². The second-order valence-electron chi connectivity index (χ2n) is 4.59. The van der Waals surface area contributed by atoms with Crippen LogP contribution in [0.4, 0.5) is 0 Å². The molecule has 0 radical (unpaired) electrons. The van der Waals surface area contributed by atoms with E-state index in [-0.39, 0.29) is 16.7 Å². The van der Waals surface area contributed by atoms with Crippen LogP contribution in [0.5, 0.6) is 5.75 Å². The molecule has 1 N–H and O–H groups in total. The number of nitrogens with zero attached hydrogens (tertiary/aromatic N) is 1. The van der Waals surface area contributed by atoms with Gasteiger partial charge in [-0.25, -0.2) is 8.42 Å². The average molecular weight is 285 g/mol. The van der Waals surface area contributed by atoms with Crippen molar-refractivity contribution < 1.29 is 18.3 Å². The van der Waals surface area contributed by atoms with Crippen LogP contribution in [0, 0.1) is 0 Å². The molecule has 1 aromatic rings.